The lowest BCUT2D eigenvalue weighted by atomic mass is 10.0. The van der Waals surface area contributed by atoms with Gasteiger partial charge in [-0.3, -0.25) is 0 Å². The molecule has 0 spiro atoms. The third kappa shape index (κ3) is 1.84. The van der Waals surface area contributed by atoms with Crippen molar-refractivity contribution in [1.29, 1.82) is 0 Å². The second kappa shape index (κ2) is 4.06. The summed E-state index contributed by atoms with van der Waals surface area (Å²) >= 11 is 5.71. The quantitative estimate of drug-likeness (QED) is 0.830. The minimum atomic E-state index is -0.321. The molecule has 0 fully saturated rings. The number of halogens is 2. The Bertz CT molecular complexity index is 543. The van der Waals surface area contributed by atoms with Gasteiger partial charge in [0.25, 0.3) is 0 Å². The van der Waals surface area contributed by atoms with Gasteiger partial charge in [-0.2, -0.15) is 0 Å². The van der Waals surface area contributed by atoms with Crippen molar-refractivity contribution in [2.24, 2.45) is 0 Å². The molecule has 1 heterocycles. The molecular formula is C11H9ClFN3. The number of anilines is 1. The van der Waals surface area contributed by atoms with Crippen LogP contribution in [0.2, 0.25) is 5.15 Å². The predicted octanol–water partition coefficient (Wildman–Crippen LogP) is 2.83. The molecule has 0 bridgehead atoms. The molecule has 0 saturated heterocycles. The van der Waals surface area contributed by atoms with E-state index in [1.807, 2.05) is 0 Å². The number of nitrogen functional groups attached to an aromatic ring is 1. The molecule has 0 unspecified atom stereocenters. The molecule has 0 atom stereocenters. The zero-order valence-electron chi connectivity index (χ0n) is 8.54. The van der Waals surface area contributed by atoms with Crippen molar-refractivity contribution in [2.45, 2.75) is 6.92 Å². The number of aryl methyl sites for hydroxylation is 1. The third-order valence-corrected chi connectivity index (χ3v) is 2.46. The van der Waals surface area contributed by atoms with E-state index < -0.39 is 0 Å². The van der Waals surface area contributed by atoms with E-state index in [0.29, 0.717) is 16.7 Å². The zero-order valence-corrected chi connectivity index (χ0v) is 9.29. The molecule has 0 aliphatic rings. The Hall–Kier alpha value is -1.68. The van der Waals surface area contributed by atoms with E-state index in [2.05, 4.69) is 10.2 Å². The first-order valence-corrected chi connectivity index (χ1v) is 5.01. The van der Waals surface area contributed by atoms with Crippen molar-refractivity contribution in [3.63, 3.8) is 0 Å². The summed E-state index contributed by atoms with van der Waals surface area (Å²) in [6.45, 7) is 1.69. The van der Waals surface area contributed by atoms with Crippen LogP contribution in [0.4, 0.5) is 10.2 Å². The van der Waals surface area contributed by atoms with Crippen LogP contribution in [0.1, 0.15) is 5.56 Å². The first-order valence-electron chi connectivity index (χ1n) is 4.64. The maximum Gasteiger partial charge on any atom is 0.154 e. The molecule has 2 rings (SSSR count). The van der Waals surface area contributed by atoms with Crippen LogP contribution in [0.3, 0.4) is 0 Å². The van der Waals surface area contributed by atoms with E-state index in [4.69, 9.17) is 17.3 Å². The molecule has 16 heavy (non-hydrogen) atoms. The smallest absolute Gasteiger partial charge is 0.154 e. The van der Waals surface area contributed by atoms with Gasteiger partial charge in [-0.1, -0.05) is 29.8 Å². The van der Waals surface area contributed by atoms with Crippen LogP contribution >= 0.6 is 11.6 Å². The summed E-state index contributed by atoms with van der Waals surface area (Å²) in [5, 5.41) is 7.43. The molecule has 2 aromatic rings. The van der Waals surface area contributed by atoms with Crippen molar-refractivity contribution in [1.82, 2.24) is 10.2 Å². The molecule has 0 aliphatic carbocycles. The summed E-state index contributed by atoms with van der Waals surface area (Å²) in [6, 6.07) is 6.57. The molecule has 0 saturated carbocycles. The number of benzene rings is 1. The maximum absolute atomic E-state index is 13.9. The van der Waals surface area contributed by atoms with Crippen LogP contribution in [0, 0.1) is 12.7 Å². The van der Waals surface area contributed by atoms with Gasteiger partial charge in [-0.25, -0.2) is 4.39 Å². The maximum atomic E-state index is 13.9. The third-order valence-electron chi connectivity index (χ3n) is 2.27. The van der Waals surface area contributed by atoms with Gasteiger partial charge in [0.05, 0.1) is 0 Å². The van der Waals surface area contributed by atoms with Crippen molar-refractivity contribution >= 4 is 17.4 Å². The molecular weight excluding hydrogens is 229 g/mol. The first kappa shape index (κ1) is 10.8. The lowest BCUT2D eigenvalue weighted by Gasteiger charge is -2.07. The van der Waals surface area contributed by atoms with Gasteiger partial charge < -0.3 is 5.73 Å². The average Bonchev–Trinajstić information content (AvgIpc) is 2.26. The number of aromatic nitrogens is 2. The largest absolute Gasteiger partial charge is 0.382 e. The van der Waals surface area contributed by atoms with Crippen molar-refractivity contribution in [2.75, 3.05) is 5.73 Å². The minimum absolute atomic E-state index is 0.161. The van der Waals surface area contributed by atoms with Gasteiger partial charge in [0.2, 0.25) is 0 Å². The highest BCUT2D eigenvalue weighted by molar-refractivity contribution is 6.29. The summed E-state index contributed by atoms with van der Waals surface area (Å²) in [5.74, 6) is -0.160. The second-order valence-electron chi connectivity index (χ2n) is 3.40. The Labute approximate surface area is 97.1 Å². The fourth-order valence-electron chi connectivity index (χ4n) is 1.45. The Kier molecular flexibility index (Phi) is 2.75. The number of rotatable bonds is 1. The van der Waals surface area contributed by atoms with Crippen molar-refractivity contribution in [3.05, 3.63) is 40.8 Å². The molecule has 3 nitrogen and oxygen atoms in total. The highest BCUT2D eigenvalue weighted by Gasteiger charge is 2.11. The van der Waals surface area contributed by atoms with E-state index >= 15 is 0 Å². The van der Waals surface area contributed by atoms with Gasteiger partial charge in [-0.15, -0.1) is 10.2 Å². The Morgan fingerprint density at radius 2 is 2.00 bits per heavy atom. The summed E-state index contributed by atoms with van der Waals surface area (Å²) < 4.78 is 13.9. The molecule has 0 aliphatic heterocycles. The highest BCUT2D eigenvalue weighted by Crippen LogP contribution is 2.29. The molecule has 0 radical (unpaired) electrons. The fourth-order valence-corrected chi connectivity index (χ4v) is 1.60. The first-order chi connectivity index (χ1) is 7.59. The van der Waals surface area contributed by atoms with E-state index in [-0.39, 0.29) is 16.8 Å². The lowest BCUT2D eigenvalue weighted by Crippen LogP contribution is -1.98. The van der Waals surface area contributed by atoms with Crippen molar-refractivity contribution in [3.8, 4) is 11.1 Å². The normalized spacial score (nSPS) is 10.4. The SMILES string of the molecule is Cc1cccc(-c2cc(Cl)nnc2N)c1F. The molecule has 1 aromatic carbocycles. The van der Waals surface area contributed by atoms with Gasteiger partial charge >= 0.3 is 0 Å². The lowest BCUT2D eigenvalue weighted by molar-refractivity contribution is 0.622. The van der Waals surface area contributed by atoms with E-state index in [1.165, 1.54) is 6.07 Å². The van der Waals surface area contributed by atoms with Crippen LogP contribution in [-0.4, -0.2) is 10.2 Å². The summed E-state index contributed by atoms with van der Waals surface area (Å²) in [5.41, 5.74) is 7.03. The molecule has 82 valence electrons. The van der Waals surface area contributed by atoms with E-state index in [1.54, 1.807) is 25.1 Å². The number of nitrogens with two attached hydrogens (primary N) is 1. The standard InChI is InChI=1S/C11H9ClFN3/c1-6-3-2-4-7(10(6)13)8-5-9(12)15-16-11(8)14/h2-5H,1H3,(H2,14,16). The number of nitrogens with zero attached hydrogens (tertiary/aromatic N) is 2. The Balaban J connectivity index is 2.67. The number of hydrogen-bond acceptors (Lipinski definition) is 3. The second-order valence-corrected chi connectivity index (χ2v) is 3.79. The average molecular weight is 238 g/mol. The summed E-state index contributed by atoms with van der Waals surface area (Å²) in [4.78, 5) is 0. The molecule has 5 heteroatoms. The van der Waals surface area contributed by atoms with Crippen LogP contribution in [-0.2, 0) is 0 Å². The summed E-state index contributed by atoms with van der Waals surface area (Å²) in [7, 11) is 0. The van der Waals surface area contributed by atoms with Crippen LogP contribution in [0.25, 0.3) is 11.1 Å². The molecule has 1 aromatic heterocycles. The Morgan fingerprint density at radius 3 is 2.75 bits per heavy atom. The van der Waals surface area contributed by atoms with Crippen LogP contribution in [0.15, 0.2) is 24.3 Å². The topological polar surface area (TPSA) is 51.8 Å². The Morgan fingerprint density at radius 1 is 1.25 bits per heavy atom. The van der Waals surface area contributed by atoms with E-state index in [0.717, 1.165) is 0 Å². The summed E-state index contributed by atoms with van der Waals surface area (Å²) in [6.07, 6.45) is 0. The number of hydrogen-bond donors (Lipinski definition) is 1. The molecule has 0 amide bonds. The van der Waals surface area contributed by atoms with Crippen LogP contribution in [0.5, 0.6) is 0 Å². The van der Waals surface area contributed by atoms with Gasteiger partial charge in [0.15, 0.2) is 11.0 Å². The highest BCUT2D eigenvalue weighted by atomic mass is 35.5. The van der Waals surface area contributed by atoms with Gasteiger partial charge in [0, 0.05) is 11.1 Å². The van der Waals surface area contributed by atoms with Crippen LogP contribution < -0.4 is 5.73 Å². The predicted molar refractivity (Wildman–Crippen MR) is 61.6 cm³/mol. The van der Waals surface area contributed by atoms with Crippen molar-refractivity contribution < 1.29 is 4.39 Å². The van der Waals surface area contributed by atoms with Gasteiger partial charge in [-0.05, 0) is 18.6 Å². The molecule has 2 N–H and O–H groups in total. The minimum Gasteiger partial charge on any atom is -0.382 e. The van der Waals surface area contributed by atoms with E-state index in [9.17, 15) is 4.39 Å². The fraction of sp³-hybridized carbons (Fsp3) is 0.0909. The van der Waals surface area contributed by atoms with Gasteiger partial charge in [0.1, 0.15) is 5.82 Å². The monoisotopic (exact) mass is 237 g/mol. The zero-order chi connectivity index (χ0) is 11.7.